The van der Waals surface area contributed by atoms with Gasteiger partial charge >= 0.3 is 0 Å². The van der Waals surface area contributed by atoms with Crippen LogP contribution in [0.1, 0.15) is 10.6 Å². The first-order valence-electron chi connectivity index (χ1n) is 5.85. The Kier molecular flexibility index (Phi) is 5.12. The Hall–Kier alpha value is -1.65. The third-order valence-electron chi connectivity index (χ3n) is 2.39. The van der Waals surface area contributed by atoms with Crippen molar-refractivity contribution >= 4 is 34.9 Å². The van der Waals surface area contributed by atoms with E-state index >= 15 is 0 Å². The number of hydrogen-bond acceptors (Lipinski definition) is 3. The van der Waals surface area contributed by atoms with Crippen molar-refractivity contribution in [3.8, 4) is 0 Å². The largest absolute Gasteiger partial charge is 0.352 e. The number of carbonyl (C=O) groups excluding carboxylic acids is 1. The van der Waals surface area contributed by atoms with Crippen LogP contribution in [0.25, 0.3) is 6.08 Å². The molecule has 2 aromatic heterocycles. The summed E-state index contributed by atoms with van der Waals surface area (Å²) >= 11 is 7.37. The number of aromatic nitrogens is 1. The molecule has 1 amide bonds. The van der Waals surface area contributed by atoms with Gasteiger partial charge in [-0.3, -0.25) is 9.78 Å². The fourth-order valence-electron chi connectivity index (χ4n) is 1.49. The molecule has 98 valence electrons. The maximum Gasteiger partial charge on any atom is 0.244 e. The zero-order chi connectivity index (χ0) is 13.5. The molecule has 0 bridgehead atoms. The first-order valence-corrected chi connectivity index (χ1v) is 7.04. The molecule has 0 aromatic carbocycles. The van der Waals surface area contributed by atoms with Crippen LogP contribution < -0.4 is 5.32 Å². The number of thiophene rings is 1. The summed E-state index contributed by atoms with van der Waals surface area (Å²) in [5.74, 6) is -0.117. The number of halogens is 1. The van der Waals surface area contributed by atoms with E-state index in [9.17, 15) is 4.79 Å². The SMILES string of the molecule is O=C(/C=C/c1ccccn1)NCCc1ccc(Cl)s1. The second-order valence-electron chi connectivity index (χ2n) is 3.83. The highest BCUT2D eigenvalue weighted by Crippen LogP contribution is 2.21. The molecule has 0 spiro atoms. The summed E-state index contributed by atoms with van der Waals surface area (Å²) in [6, 6.07) is 9.40. The first-order chi connectivity index (χ1) is 9.24. The zero-order valence-corrected chi connectivity index (χ0v) is 11.7. The summed E-state index contributed by atoms with van der Waals surface area (Å²) in [7, 11) is 0. The van der Waals surface area contributed by atoms with Gasteiger partial charge in [0.05, 0.1) is 10.0 Å². The van der Waals surface area contributed by atoms with Crippen molar-refractivity contribution in [2.45, 2.75) is 6.42 Å². The van der Waals surface area contributed by atoms with Gasteiger partial charge in [-0.2, -0.15) is 0 Å². The van der Waals surface area contributed by atoms with Crippen molar-refractivity contribution < 1.29 is 4.79 Å². The Bertz CT molecular complexity index is 566. The molecule has 0 unspecified atom stereocenters. The van der Waals surface area contributed by atoms with Crippen LogP contribution in [-0.4, -0.2) is 17.4 Å². The number of carbonyl (C=O) groups is 1. The minimum atomic E-state index is -0.117. The van der Waals surface area contributed by atoms with Crippen molar-refractivity contribution in [2.24, 2.45) is 0 Å². The van der Waals surface area contributed by atoms with Gasteiger partial charge < -0.3 is 5.32 Å². The zero-order valence-electron chi connectivity index (χ0n) is 10.2. The van der Waals surface area contributed by atoms with Gasteiger partial charge in [-0.15, -0.1) is 11.3 Å². The standard InChI is InChI=1S/C14H13ClN2OS/c15-13-6-5-12(19-13)8-10-17-14(18)7-4-11-3-1-2-9-16-11/h1-7,9H,8,10H2,(H,17,18)/b7-4+. The van der Waals surface area contributed by atoms with E-state index in [1.807, 2.05) is 30.3 Å². The average Bonchev–Trinajstić information content (AvgIpc) is 2.83. The molecule has 0 saturated carbocycles. The summed E-state index contributed by atoms with van der Waals surface area (Å²) in [5.41, 5.74) is 0.766. The van der Waals surface area contributed by atoms with Gasteiger partial charge in [-0.05, 0) is 36.8 Å². The van der Waals surface area contributed by atoms with E-state index in [1.54, 1.807) is 12.3 Å². The third-order valence-corrected chi connectivity index (χ3v) is 3.68. The fourth-order valence-corrected chi connectivity index (χ4v) is 2.58. The lowest BCUT2D eigenvalue weighted by atomic mass is 10.3. The Morgan fingerprint density at radius 1 is 1.37 bits per heavy atom. The summed E-state index contributed by atoms with van der Waals surface area (Å²) in [4.78, 5) is 16.8. The molecule has 0 aliphatic heterocycles. The van der Waals surface area contributed by atoms with Crippen molar-refractivity contribution in [1.29, 1.82) is 0 Å². The molecule has 0 fully saturated rings. The molecular weight excluding hydrogens is 280 g/mol. The molecule has 0 atom stereocenters. The number of amides is 1. The smallest absolute Gasteiger partial charge is 0.244 e. The van der Waals surface area contributed by atoms with E-state index < -0.39 is 0 Å². The quantitative estimate of drug-likeness (QED) is 0.860. The minimum absolute atomic E-state index is 0.117. The summed E-state index contributed by atoms with van der Waals surface area (Å²) in [5, 5.41) is 2.82. The van der Waals surface area contributed by atoms with E-state index in [0.29, 0.717) is 6.54 Å². The van der Waals surface area contributed by atoms with Gasteiger partial charge in [0.1, 0.15) is 0 Å². The molecule has 5 heteroatoms. The molecule has 2 aromatic rings. The Labute approximate surface area is 120 Å². The molecule has 2 rings (SSSR count). The molecule has 0 aliphatic carbocycles. The average molecular weight is 293 g/mol. The highest BCUT2D eigenvalue weighted by Gasteiger charge is 1.99. The van der Waals surface area contributed by atoms with Crippen molar-refractivity contribution in [3.05, 3.63) is 57.5 Å². The van der Waals surface area contributed by atoms with Gasteiger partial charge in [0.25, 0.3) is 0 Å². The topological polar surface area (TPSA) is 42.0 Å². The van der Waals surface area contributed by atoms with E-state index in [1.165, 1.54) is 22.3 Å². The predicted molar refractivity (Wildman–Crippen MR) is 79.3 cm³/mol. The number of nitrogens with one attached hydrogen (secondary N) is 1. The van der Waals surface area contributed by atoms with Gasteiger partial charge in [0.2, 0.25) is 5.91 Å². The van der Waals surface area contributed by atoms with Crippen LogP contribution in [0.4, 0.5) is 0 Å². The Morgan fingerprint density at radius 2 is 2.26 bits per heavy atom. The Balaban J connectivity index is 1.74. The molecule has 2 heterocycles. The fraction of sp³-hybridized carbons (Fsp3) is 0.143. The van der Waals surface area contributed by atoms with E-state index in [-0.39, 0.29) is 5.91 Å². The third kappa shape index (κ3) is 4.85. The van der Waals surface area contributed by atoms with Crippen molar-refractivity contribution in [3.63, 3.8) is 0 Å². The predicted octanol–water partition coefficient (Wildman–Crippen LogP) is 3.17. The monoisotopic (exact) mass is 292 g/mol. The number of rotatable bonds is 5. The summed E-state index contributed by atoms with van der Waals surface area (Å²) in [6.07, 6.45) is 5.67. The van der Waals surface area contributed by atoms with Crippen LogP contribution in [0, 0.1) is 0 Å². The Morgan fingerprint density at radius 3 is 2.95 bits per heavy atom. The van der Waals surface area contributed by atoms with Crippen molar-refractivity contribution in [2.75, 3.05) is 6.54 Å². The van der Waals surface area contributed by atoms with Crippen LogP contribution in [0.2, 0.25) is 4.34 Å². The van der Waals surface area contributed by atoms with Crippen molar-refractivity contribution in [1.82, 2.24) is 10.3 Å². The number of pyridine rings is 1. The molecule has 0 radical (unpaired) electrons. The second kappa shape index (κ2) is 7.07. The second-order valence-corrected chi connectivity index (χ2v) is 5.63. The summed E-state index contributed by atoms with van der Waals surface area (Å²) in [6.45, 7) is 0.599. The van der Waals surface area contributed by atoms with E-state index in [4.69, 9.17) is 11.6 Å². The lowest BCUT2D eigenvalue weighted by molar-refractivity contribution is -0.116. The van der Waals surface area contributed by atoms with Crippen LogP contribution in [0.5, 0.6) is 0 Å². The lowest BCUT2D eigenvalue weighted by Crippen LogP contribution is -2.23. The maximum atomic E-state index is 11.6. The normalized spacial score (nSPS) is 10.8. The molecule has 0 saturated heterocycles. The van der Waals surface area contributed by atoms with Gasteiger partial charge in [-0.25, -0.2) is 0 Å². The highest BCUT2D eigenvalue weighted by molar-refractivity contribution is 7.16. The van der Waals surface area contributed by atoms with Crippen LogP contribution in [-0.2, 0) is 11.2 Å². The van der Waals surface area contributed by atoms with Crippen LogP contribution in [0.3, 0.4) is 0 Å². The summed E-state index contributed by atoms with van der Waals surface area (Å²) < 4.78 is 0.774. The maximum absolute atomic E-state index is 11.6. The highest BCUT2D eigenvalue weighted by atomic mass is 35.5. The van der Waals surface area contributed by atoms with Gasteiger partial charge in [0, 0.05) is 23.7 Å². The number of hydrogen-bond donors (Lipinski definition) is 1. The van der Waals surface area contributed by atoms with Crippen LogP contribution >= 0.6 is 22.9 Å². The van der Waals surface area contributed by atoms with Gasteiger partial charge in [0.15, 0.2) is 0 Å². The molecule has 3 nitrogen and oxygen atoms in total. The van der Waals surface area contributed by atoms with E-state index in [2.05, 4.69) is 10.3 Å². The molecule has 19 heavy (non-hydrogen) atoms. The molecule has 0 aliphatic rings. The minimum Gasteiger partial charge on any atom is -0.352 e. The lowest BCUT2D eigenvalue weighted by Gasteiger charge is -1.99. The first kappa shape index (κ1) is 13.8. The number of nitrogens with zero attached hydrogens (tertiary/aromatic N) is 1. The van der Waals surface area contributed by atoms with Gasteiger partial charge in [-0.1, -0.05) is 17.7 Å². The molecular formula is C14H13ClN2OS. The molecule has 1 N–H and O–H groups in total. The van der Waals surface area contributed by atoms with Crippen LogP contribution in [0.15, 0.2) is 42.6 Å². The van der Waals surface area contributed by atoms with E-state index in [0.717, 1.165) is 16.5 Å².